The van der Waals surface area contributed by atoms with Crippen LogP contribution in [0.5, 0.6) is 0 Å². The summed E-state index contributed by atoms with van der Waals surface area (Å²) in [5.41, 5.74) is 5.46. The number of carbonyl (C=O) groups is 3. The van der Waals surface area contributed by atoms with Crippen molar-refractivity contribution in [3.63, 3.8) is 0 Å². The summed E-state index contributed by atoms with van der Waals surface area (Å²) in [5.74, 6) is -2.15. The number of esters is 1. The molecule has 1 rings (SSSR count). The topological polar surface area (TPSA) is 111 Å². The van der Waals surface area contributed by atoms with Gasteiger partial charge in [-0.1, -0.05) is 13.0 Å². The van der Waals surface area contributed by atoms with Gasteiger partial charge in [0, 0.05) is 6.20 Å². The summed E-state index contributed by atoms with van der Waals surface area (Å²) < 4.78 is 4.82. The zero-order valence-electron chi connectivity index (χ0n) is 12.0. The molecular formula is C14H19N3O4. The third-order valence-electron chi connectivity index (χ3n) is 2.85. The summed E-state index contributed by atoms with van der Waals surface area (Å²) in [6.45, 7) is 3.59. The second-order valence-corrected chi connectivity index (χ2v) is 4.55. The van der Waals surface area contributed by atoms with E-state index in [1.54, 1.807) is 26.0 Å². The summed E-state index contributed by atoms with van der Waals surface area (Å²) in [5, 5.41) is 2.50. The fraction of sp³-hybridized carbons (Fsp3) is 0.429. The fourth-order valence-corrected chi connectivity index (χ4v) is 1.81. The average molecular weight is 293 g/mol. The van der Waals surface area contributed by atoms with Crippen molar-refractivity contribution in [2.24, 2.45) is 11.7 Å². The van der Waals surface area contributed by atoms with Crippen molar-refractivity contribution in [3.05, 3.63) is 30.1 Å². The number of hydrogen-bond acceptors (Lipinski definition) is 5. The average Bonchev–Trinajstić information content (AvgIpc) is 2.45. The summed E-state index contributed by atoms with van der Waals surface area (Å²) in [6, 6.07) is 3.88. The summed E-state index contributed by atoms with van der Waals surface area (Å²) in [7, 11) is 0. The van der Waals surface area contributed by atoms with Gasteiger partial charge >= 0.3 is 5.97 Å². The first-order valence-electron chi connectivity index (χ1n) is 6.62. The molecule has 21 heavy (non-hydrogen) atoms. The minimum atomic E-state index is -0.969. The third-order valence-corrected chi connectivity index (χ3v) is 2.85. The van der Waals surface area contributed by atoms with Gasteiger partial charge in [0.15, 0.2) is 0 Å². The van der Waals surface area contributed by atoms with Crippen molar-refractivity contribution in [1.29, 1.82) is 0 Å². The number of rotatable bonds is 7. The van der Waals surface area contributed by atoms with Gasteiger partial charge in [-0.05, 0) is 25.0 Å². The van der Waals surface area contributed by atoms with E-state index < -0.39 is 29.7 Å². The van der Waals surface area contributed by atoms with Gasteiger partial charge in [0.25, 0.3) is 5.91 Å². The van der Waals surface area contributed by atoms with E-state index in [0.29, 0.717) is 0 Å². The van der Waals surface area contributed by atoms with Gasteiger partial charge in [-0.15, -0.1) is 0 Å². The highest BCUT2D eigenvalue weighted by Gasteiger charge is 2.27. The zero-order chi connectivity index (χ0) is 15.8. The van der Waals surface area contributed by atoms with Crippen LogP contribution in [0.4, 0.5) is 0 Å². The first kappa shape index (κ1) is 16.6. The molecule has 0 aliphatic rings. The predicted octanol–water partition coefficient (Wildman–Crippen LogP) is 0.255. The molecule has 0 saturated carbocycles. The van der Waals surface area contributed by atoms with E-state index in [1.807, 2.05) is 0 Å². The van der Waals surface area contributed by atoms with Gasteiger partial charge in [0.05, 0.1) is 13.0 Å². The Balaban J connectivity index is 2.71. The molecule has 0 spiro atoms. The second kappa shape index (κ2) is 7.98. The minimum absolute atomic E-state index is 0.00998. The van der Waals surface area contributed by atoms with Crippen LogP contribution in [0, 0.1) is 5.92 Å². The molecule has 2 atom stereocenters. The van der Waals surface area contributed by atoms with Crippen LogP contribution < -0.4 is 11.1 Å². The van der Waals surface area contributed by atoms with Crippen LogP contribution in [0.2, 0.25) is 0 Å². The van der Waals surface area contributed by atoms with Crippen molar-refractivity contribution in [1.82, 2.24) is 10.3 Å². The number of hydrogen-bond donors (Lipinski definition) is 2. The Bertz CT molecular complexity index is 504. The van der Waals surface area contributed by atoms with Gasteiger partial charge in [-0.2, -0.15) is 0 Å². The maximum absolute atomic E-state index is 12.0. The lowest BCUT2D eigenvalue weighted by Crippen LogP contribution is -2.49. The van der Waals surface area contributed by atoms with Crippen LogP contribution >= 0.6 is 0 Å². The Kier molecular flexibility index (Phi) is 6.32. The van der Waals surface area contributed by atoms with Crippen molar-refractivity contribution >= 4 is 17.8 Å². The number of nitrogens with two attached hydrogens (primary N) is 1. The van der Waals surface area contributed by atoms with E-state index in [0.717, 1.165) is 0 Å². The Hall–Kier alpha value is -2.44. The standard InChI is InChI=1S/C14H19N3O4/c1-3-21-11(18)8-9(2)12(13(15)19)17-14(20)10-6-4-5-7-16-10/h4-7,9,12H,3,8H2,1-2H3,(H2,15,19)(H,17,20)/t9-,12-/m0/s1. The second-order valence-electron chi connectivity index (χ2n) is 4.55. The first-order valence-corrected chi connectivity index (χ1v) is 6.62. The molecule has 1 heterocycles. The Labute approximate surface area is 122 Å². The largest absolute Gasteiger partial charge is 0.466 e. The molecule has 0 bridgehead atoms. The van der Waals surface area contributed by atoms with Crippen LogP contribution in [-0.2, 0) is 14.3 Å². The third kappa shape index (κ3) is 5.21. The smallest absolute Gasteiger partial charge is 0.306 e. The maximum atomic E-state index is 12.0. The zero-order valence-corrected chi connectivity index (χ0v) is 12.0. The maximum Gasteiger partial charge on any atom is 0.306 e. The normalized spacial score (nSPS) is 13.0. The Morgan fingerprint density at radius 3 is 2.62 bits per heavy atom. The van der Waals surface area contributed by atoms with Crippen LogP contribution in [0.3, 0.4) is 0 Å². The Morgan fingerprint density at radius 1 is 1.38 bits per heavy atom. The number of nitrogens with one attached hydrogen (secondary N) is 1. The van der Waals surface area contributed by atoms with Crippen molar-refractivity contribution < 1.29 is 19.1 Å². The molecular weight excluding hydrogens is 274 g/mol. The lowest BCUT2D eigenvalue weighted by Gasteiger charge is -2.21. The lowest BCUT2D eigenvalue weighted by molar-refractivity contribution is -0.144. The van der Waals surface area contributed by atoms with Crippen LogP contribution in [0.25, 0.3) is 0 Å². The molecule has 0 radical (unpaired) electrons. The molecule has 2 amide bonds. The highest BCUT2D eigenvalue weighted by molar-refractivity contribution is 5.96. The van der Waals surface area contributed by atoms with Crippen molar-refractivity contribution in [2.45, 2.75) is 26.3 Å². The number of carbonyl (C=O) groups excluding carboxylic acids is 3. The van der Waals surface area contributed by atoms with Crippen LogP contribution in [-0.4, -0.2) is 35.4 Å². The molecule has 0 unspecified atom stereocenters. The first-order chi connectivity index (χ1) is 9.95. The van der Waals surface area contributed by atoms with E-state index >= 15 is 0 Å². The van der Waals surface area contributed by atoms with Crippen LogP contribution in [0.1, 0.15) is 30.8 Å². The molecule has 114 valence electrons. The summed E-state index contributed by atoms with van der Waals surface area (Å²) in [6.07, 6.45) is 1.46. The van der Waals surface area contributed by atoms with Gasteiger partial charge in [0.1, 0.15) is 11.7 Å². The van der Waals surface area contributed by atoms with E-state index in [1.165, 1.54) is 12.3 Å². The molecule has 0 fully saturated rings. The number of aromatic nitrogens is 1. The van der Waals surface area contributed by atoms with E-state index in [-0.39, 0.29) is 18.7 Å². The molecule has 0 aromatic carbocycles. The molecule has 7 heteroatoms. The van der Waals surface area contributed by atoms with Gasteiger partial charge in [-0.25, -0.2) is 0 Å². The van der Waals surface area contributed by atoms with E-state index in [2.05, 4.69) is 10.3 Å². The number of primary amides is 1. The molecule has 7 nitrogen and oxygen atoms in total. The number of ether oxygens (including phenoxy) is 1. The molecule has 0 aliphatic carbocycles. The quantitative estimate of drug-likeness (QED) is 0.700. The van der Waals surface area contributed by atoms with Gasteiger partial charge < -0.3 is 15.8 Å². The highest BCUT2D eigenvalue weighted by Crippen LogP contribution is 2.10. The molecule has 0 saturated heterocycles. The number of amides is 2. The van der Waals surface area contributed by atoms with Gasteiger partial charge in [-0.3, -0.25) is 19.4 Å². The molecule has 3 N–H and O–H groups in total. The van der Waals surface area contributed by atoms with E-state index in [4.69, 9.17) is 10.5 Å². The Morgan fingerprint density at radius 2 is 2.10 bits per heavy atom. The van der Waals surface area contributed by atoms with Gasteiger partial charge in [0.2, 0.25) is 5.91 Å². The summed E-state index contributed by atoms with van der Waals surface area (Å²) in [4.78, 5) is 38.8. The van der Waals surface area contributed by atoms with Crippen LogP contribution in [0.15, 0.2) is 24.4 Å². The highest BCUT2D eigenvalue weighted by atomic mass is 16.5. The molecule has 1 aromatic rings. The lowest BCUT2D eigenvalue weighted by atomic mass is 9.97. The fourth-order valence-electron chi connectivity index (χ4n) is 1.81. The molecule has 0 aliphatic heterocycles. The molecule has 1 aromatic heterocycles. The SMILES string of the molecule is CCOC(=O)C[C@H](C)[C@H](NC(=O)c1ccccn1)C(N)=O. The number of pyridine rings is 1. The van der Waals surface area contributed by atoms with Crippen molar-refractivity contribution in [3.8, 4) is 0 Å². The summed E-state index contributed by atoms with van der Waals surface area (Å²) >= 11 is 0. The minimum Gasteiger partial charge on any atom is -0.466 e. The van der Waals surface area contributed by atoms with E-state index in [9.17, 15) is 14.4 Å². The monoisotopic (exact) mass is 293 g/mol. The number of nitrogens with zero attached hydrogens (tertiary/aromatic N) is 1. The van der Waals surface area contributed by atoms with Crippen molar-refractivity contribution in [2.75, 3.05) is 6.61 Å². The predicted molar refractivity (Wildman–Crippen MR) is 75.1 cm³/mol.